The molecule has 1 aromatic rings. The second-order valence-electron chi connectivity index (χ2n) is 4.74. The Hall–Kier alpha value is -1.66. The summed E-state index contributed by atoms with van der Waals surface area (Å²) in [7, 11) is 0. The van der Waals surface area contributed by atoms with Gasteiger partial charge in [0.15, 0.2) is 0 Å². The van der Waals surface area contributed by atoms with Gasteiger partial charge in [-0.15, -0.1) is 0 Å². The second-order valence-corrected chi connectivity index (χ2v) is 5.15. The molecule has 6 nitrogen and oxygen atoms in total. The molecule has 0 bridgehead atoms. The summed E-state index contributed by atoms with van der Waals surface area (Å²) >= 11 is 5.90. The minimum atomic E-state index is -0.556. The van der Waals surface area contributed by atoms with E-state index in [0.29, 0.717) is 13.2 Å². The van der Waals surface area contributed by atoms with Gasteiger partial charge in [0.1, 0.15) is 0 Å². The summed E-state index contributed by atoms with van der Waals surface area (Å²) < 4.78 is 5.24. The summed E-state index contributed by atoms with van der Waals surface area (Å²) in [4.78, 5) is 22.1. The molecule has 0 aliphatic carbocycles. The van der Waals surface area contributed by atoms with E-state index in [2.05, 4.69) is 5.32 Å². The van der Waals surface area contributed by atoms with Crippen molar-refractivity contribution >= 4 is 23.2 Å². The van der Waals surface area contributed by atoms with Crippen molar-refractivity contribution in [2.24, 2.45) is 0 Å². The van der Waals surface area contributed by atoms with Crippen LogP contribution in [-0.4, -0.2) is 29.6 Å². The molecular formula is C12H13ClN2O4. The Bertz CT molecular complexity index is 526. The maximum Gasteiger partial charge on any atom is 0.270 e. The Kier molecular flexibility index (Phi) is 3.73. The second kappa shape index (κ2) is 5.14. The first-order chi connectivity index (χ1) is 8.91. The number of rotatable bonds is 3. The van der Waals surface area contributed by atoms with E-state index >= 15 is 0 Å². The summed E-state index contributed by atoms with van der Waals surface area (Å²) in [5, 5.41) is 13.5. The zero-order valence-corrected chi connectivity index (χ0v) is 11.1. The fourth-order valence-electron chi connectivity index (χ4n) is 1.91. The van der Waals surface area contributed by atoms with Crippen molar-refractivity contribution in [2.75, 3.05) is 13.2 Å². The van der Waals surface area contributed by atoms with Crippen LogP contribution in [0.15, 0.2) is 18.2 Å². The lowest BCUT2D eigenvalue weighted by atomic mass is 10.0. The van der Waals surface area contributed by atoms with Gasteiger partial charge in [-0.2, -0.15) is 0 Å². The van der Waals surface area contributed by atoms with E-state index < -0.39 is 10.5 Å². The smallest absolute Gasteiger partial charge is 0.270 e. The van der Waals surface area contributed by atoms with Crippen LogP contribution in [-0.2, 0) is 4.74 Å². The van der Waals surface area contributed by atoms with Gasteiger partial charge in [-0.05, 0) is 19.4 Å². The molecular weight excluding hydrogens is 272 g/mol. The Morgan fingerprint density at radius 3 is 2.84 bits per heavy atom. The highest BCUT2D eigenvalue weighted by molar-refractivity contribution is 6.34. The molecule has 1 unspecified atom stereocenters. The number of ether oxygens (including phenoxy) is 1. The molecule has 1 aliphatic heterocycles. The van der Waals surface area contributed by atoms with Gasteiger partial charge in [0, 0.05) is 18.7 Å². The highest BCUT2D eigenvalue weighted by atomic mass is 35.5. The molecule has 1 fully saturated rings. The lowest BCUT2D eigenvalue weighted by Gasteiger charge is -2.23. The van der Waals surface area contributed by atoms with Crippen molar-refractivity contribution in [3.63, 3.8) is 0 Å². The highest BCUT2D eigenvalue weighted by Gasteiger charge is 2.32. The van der Waals surface area contributed by atoms with E-state index in [-0.39, 0.29) is 22.2 Å². The Morgan fingerprint density at radius 1 is 1.58 bits per heavy atom. The van der Waals surface area contributed by atoms with Gasteiger partial charge in [0.05, 0.1) is 27.7 Å². The molecule has 1 aliphatic rings. The van der Waals surface area contributed by atoms with E-state index in [1.54, 1.807) is 0 Å². The number of hydrogen-bond donors (Lipinski definition) is 1. The average Bonchev–Trinajstić information content (AvgIpc) is 2.75. The number of nitrogens with zero attached hydrogens (tertiary/aromatic N) is 1. The minimum Gasteiger partial charge on any atom is -0.379 e. The van der Waals surface area contributed by atoms with Gasteiger partial charge in [0.25, 0.3) is 11.6 Å². The lowest BCUT2D eigenvalue weighted by Crippen LogP contribution is -2.46. The minimum absolute atomic E-state index is 0.0641. The molecule has 1 N–H and O–H groups in total. The molecule has 0 aromatic heterocycles. The summed E-state index contributed by atoms with van der Waals surface area (Å²) in [5.41, 5.74) is -0.334. The van der Waals surface area contributed by atoms with Crippen molar-refractivity contribution in [1.29, 1.82) is 0 Å². The fourth-order valence-corrected chi connectivity index (χ4v) is 2.17. The standard InChI is InChI=1S/C12H13ClN2O4/c1-12(4-5-19-7-12)14-11(16)9-3-2-8(15(17)18)6-10(9)13/h2-3,6H,4-5,7H2,1H3,(H,14,16). The Morgan fingerprint density at radius 2 is 2.32 bits per heavy atom. The number of amides is 1. The first kappa shape index (κ1) is 13.8. The number of nitro groups is 1. The van der Waals surface area contributed by atoms with Gasteiger partial charge < -0.3 is 10.1 Å². The van der Waals surface area contributed by atoms with Gasteiger partial charge >= 0.3 is 0 Å². The number of halogens is 1. The maximum atomic E-state index is 12.1. The predicted octanol–water partition coefficient (Wildman–Crippen LogP) is 2.16. The van der Waals surface area contributed by atoms with Crippen molar-refractivity contribution < 1.29 is 14.5 Å². The average molecular weight is 285 g/mol. The van der Waals surface area contributed by atoms with E-state index in [4.69, 9.17) is 16.3 Å². The van der Waals surface area contributed by atoms with Crippen LogP contribution >= 0.6 is 11.6 Å². The van der Waals surface area contributed by atoms with E-state index in [9.17, 15) is 14.9 Å². The molecule has 2 rings (SSSR count). The number of carbonyl (C=O) groups excluding carboxylic acids is 1. The van der Waals surface area contributed by atoms with Crippen LogP contribution in [0.3, 0.4) is 0 Å². The van der Waals surface area contributed by atoms with Gasteiger partial charge in [0.2, 0.25) is 0 Å². The fraction of sp³-hybridized carbons (Fsp3) is 0.417. The molecule has 0 saturated carbocycles. The number of nitrogens with one attached hydrogen (secondary N) is 1. The summed E-state index contributed by atoms with van der Waals surface area (Å²) in [5.74, 6) is -0.354. The van der Waals surface area contributed by atoms with E-state index in [1.807, 2.05) is 6.92 Å². The summed E-state index contributed by atoms with van der Waals surface area (Å²) in [6, 6.07) is 3.78. The van der Waals surface area contributed by atoms with Crippen molar-refractivity contribution in [2.45, 2.75) is 18.9 Å². The zero-order chi connectivity index (χ0) is 14.0. The van der Waals surface area contributed by atoms with E-state index in [0.717, 1.165) is 6.42 Å². The largest absolute Gasteiger partial charge is 0.379 e. The topological polar surface area (TPSA) is 81.5 Å². The van der Waals surface area contributed by atoms with Crippen LogP contribution in [0, 0.1) is 10.1 Å². The highest BCUT2D eigenvalue weighted by Crippen LogP contribution is 2.24. The first-order valence-corrected chi connectivity index (χ1v) is 6.13. The number of carbonyl (C=O) groups is 1. The first-order valence-electron chi connectivity index (χ1n) is 5.75. The molecule has 1 atom stereocenters. The zero-order valence-electron chi connectivity index (χ0n) is 10.3. The van der Waals surface area contributed by atoms with Crippen LogP contribution in [0.2, 0.25) is 5.02 Å². The number of benzene rings is 1. The molecule has 7 heteroatoms. The molecule has 1 heterocycles. The number of nitro benzene ring substituents is 1. The molecule has 102 valence electrons. The molecule has 0 radical (unpaired) electrons. The summed E-state index contributed by atoms with van der Waals surface area (Å²) in [6.07, 6.45) is 0.726. The quantitative estimate of drug-likeness (QED) is 0.681. The van der Waals surface area contributed by atoms with Gasteiger partial charge in [-0.3, -0.25) is 14.9 Å². The third kappa shape index (κ3) is 3.02. The van der Waals surface area contributed by atoms with Crippen molar-refractivity contribution in [3.05, 3.63) is 38.9 Å². The third-order valence-corrected chi connectivity index (χ3v) is 3.35. The normalized spacial score (nSPS) is 22.2. The van der Waals surface area contributed by atoms with Crippen LogP contribution in [0.5, 0.6) is 0 Å². The molecule has 1 saturated heterocycles. The Labute approximate surface area is 114 Å². The molecule has 19 heavy (non-hydrogen) atoms. The molecule has 0 spiro atoms. The van der Waals surface area contributed by atoms with Crippen LogP contribution in [0.25, 0.3) is 0 Å². The van der Waals surface area contributed by atoms with Crippen molar-refractivity contribution in [1.82, 2.24) is 5.32 Å². The molecule has 1 amide bonds. The van der Waals surface area contributed by atoms with Gasteiger partial charge in [-0.25, -0.2) is 0 Å². The van der Waals surface area contributed by atoms with Gasteiger partial charge in [-0.1, -0.05) is 11.6 Å². The molecule has 1 aromatic carbocycles. The number of hydrogen-bond acceptors (Lipinski definition) is 4. The lowest BCUT2D eigenvalue weighted by molar-refractivity contribution is -0.384. The summed E-state index contributed by atoms with van der Waals surface area (Å²) in [6.45, 7) is 2.94. The van der Waals surface area contributed by atoms with Crippen LogP contribution in [0.1, 0.15) is 23.7 Å². The third-order valence-electron chi connectivity index (χ3n) is 3.04. The maximum absolute atomic E-state index is 12.1. The Balaban J connectivity index is 2.17. The van der Waals surface area contributed by atoms with Crippen molar-refractivity contribution in [3.8, 4) is 0 Å². The number of non-ortho nitro benzene ring substituents is 1. The predicted molar refractivity (Wildman–Crippen MR) is 69.4 cm³/mol. The van der Waals surface area contributed by atoms with Crippen LogP contribution < -0.4 is 5.32 Å². The monoisotopic (exact) mass is 284 g/mol. The van der Waals surface area contributed by atoms with E-state index in [1.165, 1.54) is 18.2 Å². The SMILES string of the molecule is CC1(NC(=O)c2ccc([N+](=O)[O-])cc2Cl)CCOC1. The van der Waals surface area contributed by atoms with Crippen LogP contribution in [0.4, 0.5) is 5.69 Å².